The van der Waals surface area contributed by atoms with E-state index in [0.717, 1.165) is 5.56 Å². The molecule has 28 heavy (non-hydrogen) atoms. The van der Waals surface area contributed by atoms with Gasteiger partial charge in [0.15, 0.2) is 0 Å². The minimum atomic E-state index is -3.71. The van der Waals surface area contributed by atoms with E-state index in [-0.39, 0.29) is 17.0 Å². The average Bonchev–Trinajstić information content (AvgIpc) is 2.61. The van der Waals surface area contributed by atoms with Crippen LogP contribution in [0.15, 0.2) is 29.2 Å². The molecular weight excluding hydrogens is 404 g/mol. The lowest BCUT2D eigenvalue weighted by atomic mass is 10.1. The predicted octanol–water partition coefficient (Wildman–Crippen LogP) is 0.378. The van der Waals surface area contributed by atoms with Gasteiger partial charge in [-0.15, -0.1) is 0 Å². The summed E-state index contributed by atoms with van der Waals surface area (Å²) in [5.74, 6) is 0. The standard InChI is InChI=1S/C17H28N4O5S2/c1-13(2)28(25,26)20-15-8-11-21(12-9-15)17(22)19-10-7-14-3-5-16(6-4-14)27(18,23)24/h3-6,13,15,20H,7-12H2,1-2H3,(H,19,22)(H2,18,23,24). The monoisotopic (exact) mass is 432 g/mol. The lowest BCUT2D eigenvalue weighted by Crippen LogP contribution is -2.50. The quantitative estimate of drug-likeness (QED) is 0.572. The zero-order chi connectivity index (χ0) is 20.9. The van der Waals surface area contributed by atoms with Gasteiger partial charge < -0.3 is 10.2 Å². The van der Waals surface area contributed by atoms with Crippen LogP contribution in [-0.4, -0.2) is 58.7 Å². The van der Waals surface area contributed by atoms with E-state index in [0.29, 0.717) is 38.9 Å². The van der Waals surface area contributed by atoms with Gasteiger partial charge in [-0.25, -0.2) is 31.5 Å². The van der Waals surface area contributed by atoms with Gasteiger partial charge in [0.05, 0.1) is 10.1 Å². The molecule has 11 heteroatoms. The van der Waals surface area contributed by atoms with Gasteiger partial charge in [-0.05, 0) is 50.8 Å². The Hall–Kier alpha value is -1.69. The molecule has 0 spiro atoms. The van der Waals surface area contributed by atoms with E-state index in [1.165, 1.54) is 12.1 Å². The molecule has 0 atom stereocenters. The number of piperidine rings is 1. The van der Waals surface area contributed by atoms with Crippen molar-refractivity contribution in [1.29, 1.82) is 0 Å². The van der Waals surface area contributed by atoms with E-state index in [9.17, 15) is 21.6 Å². The van der Waals surface area contributed by atoms with Crippen molar-refractivity contribution < 1.29 is 21.6 Å². The van der Waals surface area contributed by atoms with Crippen LogP contribution in [0.5, 0.6) is 0 Å². The first kappa shape index (κ1) is 22.6. The van der Waals surface area contributed by atoms with Crippen molar-refractivity contribution in [2.24, 2.45) is 5.14 Å². The second-order valence-corrected chi connectivity index (χ2v) is 11.0. The number of amides is 2. The van der Waals surface area contributed by atoms with E-state index in [1.54, 1.807) is 30.9 Å². The zero-order valence-corrected chi connectivity index (χ0v) is 17.7. The molecule has 4 N–H and O–H groups in total. The highest BCUT2D eigenvalue weighted by atomic mass is 32.2. The minimum absolute atomic E-state index is 0.0521. The first-order chi connectivity index (χ1) is 13.0. The lowest BCUT2D eigenvalue weighted by molar-refractivity contribution is 0.180. The third kappa shape index (κ3) is 6.43. The molecule has 158 valence electrons. The summed E-state index contributed by atoms with van der Waals surface area (Å²) in [6.07, 6.45) is 1.71. The molecule has 1 aliphatic rings. The van der Waals surface area contributed by atoms with Crippen LogP contribution in [0.3, 0.4) is 0 Å². The number of urea groups is 1. The van der Waals surface area contributed by atoms with Gasteiger partial charge in [0.25, 0.3) is 0 Å². The van der Waals surface area contributed by atoms with Gasteiger partial charge in [0.2, 0.25) is 20.0 Å². The Morgan fingerprint density at radius 1 is 1.14 bits per heavy atom. The third-order valence-electron chi connectivity index (χ3n) is 4.68. The molecule has 0 radical (unpaired) electrons. The fourth-order valence-electron chi connectivity index (χ4n) is 2.84. The normalized spacial score (nSPS) is 16.4. The number of hydrogen-bond acceptors (Lipinski definition) is 5. The summed E-state index contributed by atoms with van der Waals surface area (Å²) in [6, 6.07) is 5.88. The molecule has 9 nitrogen and oxygen atoms in total. The summed E-state index contributed by atoms with van der Waals surface area (Å²) < 4.78 is 49.0. The van der Waals surface area contributed by atoms with Crippen molar-refractivity contribution in [3.63, 3.8) is 0 Å². The van der Waals surface area contributed by atoms with Crippen LogP contribution >= 0.6 is 0 Å². The number of benzene rings is 1. The second-order valence-electron chi connectivity index (χ2n) is 7.14. The van der Waals surface area contributed by atoms with Crippen molar-refractivity contribution in [3.8, 4) is 0 Å². The molecule has 2 rings (SSSR count). The zero-order valence-electron chi connectivity index (χ0n) is 16.1. The van der Waals surface area contributed by atoms with Crippen molar-refractivity contribution in [3.05, 3.63) is 29.8 Å². The van der Waals surface area contributed by atoms with Crippen LogP contribution in [0.25, 0.3) is 0 Å². The summed E-state index contributed by atoms with van der Waals surface area (Å²) >= 11 is 0. The summed E-state index contributed by atoms with van der Waals surface area (Å²) in [5.41, 5.74) is 0.884. The molecule has 1 heterocycles. The summed E-state index contributed by atoms with van der Waals surface area (Å²) in [6.45, 7) is 4.65. The van der Waals surface area contributed by atoms with Gasteiger partial charge in [0.1, 0.15) is 0 Å². The highest BCUT2D eigenvalue weighted by Gasteiger charge is 2.27. The molecule has 2 amide bonds. The number of nitrogens with zero attached hydrogens (tertiary/aromatic N) is 1. The molecule has 1 aromatic rings. The van der Waals surface area contributed by atoms with E-state index in [4.69, 9.17) is 5.14 Å². The number of hydrogen-bond donors (Lipinski definition) is 3. The Morgan fingerprint density at radius 2 is 1.71 bits per heavy atom. The number of likely N-dealkylation sites (tertiary alicyclic amines) is 1. The maximum absolute atomic E-state index is 12.3. The predicted molar refractivity (Wildman–Crippen MR) is 107 cm³/mol. The van der Waals surface area contributed by atoms with Gasteiger partial charge in [-0.3, -0.25) is 0 Å². The third-order valence-corrected chi connectivity index (χ3v) is 7.51. The van der Waals surface area contributed by atoms with E-state index in [1.807, 2.05) is 0 Å². The second kappa shape index (κ2) is 9.21. The van der Waals surface area contributed by atoms with Crippen LogP contribution in [0, 0.1) is 0 Å². The maximum Gasteiger partial charge on any atom is 0.317 e. The lowest BCUT2D eigenvalue weighted by Gasteiger charge is -2.32. The number of primary sulfonamides is 1. The molecule has 0 aromatic heterocycles. The van der Waals surface area contributed by atoms with Gasteiger partial charge in [-0.1, -0.05) is 12.1 Å². The number of nitrogens with two attached hydrogens (primary N) is 1. The van der Waals surface area contributed by atoms with E-state index >= 15 is 0 Å². The van der Waals surface area contributed by atoms with Crippen molar-refractivity contribution in [1.82, 2.24) is 14.9 Å². The molecule has 1 fully saturated rings. The number of carbonyl (C=O) groups excluding carboxylic acids is 1. The molecule has 0 aliphatic carbocycles. The number of rotatable bonds is 7. The summed E-state index contributed by atoms with van der Waals surface area (Å²) in [5, 5.41) is 7.41. The Labute approximate surface area is 166 Å². The number of carbonyl (C=O) groups is 1. The molecule has 1 aromatic carbocycles. The number of sulfonamides is 2. The number of nitrogens with one attached hydrogen (secondary N) is 2. The molecule has 0 unspecified atom stereocenters. The Bertz CT molecular complexity index is 875. The first-order valence-electron chi connectivity index (χ1n) is 9.14. The Kier molecular flexibility index (Phi) is 7.43. The van der Waals surface area contributed by atoms with E-state index < -0.39 is 25.3 Å². The molecular formula is C17H28N4O5S2. The topological polar surface area (TPSA) is 139 Å². The summed E-state index contributed by atoms with van der Waals surface area (Å²) in [7, 11) is -7.02. The molecule has 1 aliphatic heterocycles. The summed E-state index contributed by atoms with van der Waals surface area (Å²) in [4.78, 5) is 14.0. The van der Waals surface area contributed by atoms with Gasteiger partial charge in [-0.2, -0.15) is 0 Å². The fourth-order valence-corrected chi connectivity index (χ4v) is 4.33. The van der Waals surface area contributed by atoms with Crippen LogP contribution in [0.4, 0.5) is 4.79 Å². The fraction of sp³-hybridized carbons (Fsp3) is 0.588. The van der Waals surface area contributed by atoms with Crippen molar-refractivity contribution >= 4 is 26.1 Å². The molecule has 0 saturated carbocycles. The van der Waals surface area contributed by atoms with E-state index in [2.05, 4.69) is 10.0 Å². The van der Waals surface area contributed by atoms with Gasteiger partial charge in [0, 0.05) is 25.7 Å². The Morgan fingerprint density at radius 3 is 2.21 bits per heavy atom. The van der Waals surface area contributed by atoms with Crippen LogP contribution in [0.1, 0.15) is 32.3 Å². The largest absolute Gasteiger partial charge is 0.338 e. The van der Waals surface area contributed by atoms with Crippen molar-refractivity contribution in [2.75, 3.05) is 19.6 Å². The highest BCUT2D eigenvalue weighted by Crippen LogP contribution is 2.13. The maximum atomic E-state index is 12.3. The SMILES string of the molecule is CC(C)S(=O)(=O)NC1CCN(C(=O)NCCc2ccc(S(N)(=O)=O)cc2)CC1. The van der Waals surface area contributed by atoms with Crippen LogP contribution in [-0.2, 0) is 26.5 Å². The Balaban J connectivity index is 1.74. The van der Waals surface area contributed by atoms with Crippen LogP contribution < -0.4 is 15.2 Å². The average molecular weight is 433 g/mol. The molecule has 0 bridgehead atoms. The van der Waals surface area contributed by atoms with Gasteiger partial charge >= 0.3 is 6.03 Å². The minimum Gasteiger partial charge on any atom is -0.338 e. The van der Waals surface area contributed by atoms with Crippen molar-refractivity contribution in [2.45, 2.75) is 49.3 Å². The highest BCUT2D eigenvalue weighted by molar-refractivity contribution is 7.90. The smallest absolute Gasteiger partial charge is 0.317 e. The van der Waals surface area contributed by atoms with Crippen LogP contribution in [0.2, 0.25) is 0 Å². The molecule has 1 saturated heterocycles. The first-order valence-corrected chi connectivity index (χ1v) is 12.2.